The van der Waals surface area contributed by atoms with Crippen LogP contribution in [0.2, 0.25) is 0 Å². The third-order valence-corrected chi connectivity index (χ3v) is 1.61. The second-order valence-corrected chi connectivity index (χ2v) is 3.00. The van der Waals surface area contributed by atoms with Crippen molar-refractivity contribution in [2.24, 2.45) is 0 Å². The van der Waals surface area contributed by atoms with Crippen molar-refractivity contribution in [2.45, 2.75) is 13.0 Å². The molecule has 0 heterocycles. The third-order valence-electron chi connectivity index (χ3n) is 1.61. The summed E-state index contributed by atoms with van der Waals surface area (Å²) >= 11 is 0. The van der Waals surface area contributed by atoms with Crippen molar-refractivity contribution in [3.8, 4) is 0 Å². The van der Waals surface area contributed by atoms with E-state index >= 15 is 0 Å². The molecule has 13 heavy (non-hydrogen) atoms. The van der Waals surface area contributed by atoms with Gasteiger partial charge < -0.3 is 16.2 Å². The van der Waals surface area contributed by atoms with E-state index in [1.54, 1.807) is 13.0 Å². The highest BCUT2D eigenvalue weighted by atomic mass is 19.1. The minimum absolute atomic E-state index is 0.00355. The summed E-state index contributed by atoms with van der Waals surface area (Å²) in [6, 6.07) is 4.09. The number of halogens is 1. The summed E-state index contributed by atoms with van der Waals surface area (Å²) in [6.07, 6.45) is 0. The largest absolute Gasteiger partial charge is 0.399 e. The van der Waals surface area contributed by atoms with Gasteiger partial charge in [0, 0.05) is 17.4 Å². The van der Waals surface area contributed by atoms with Crippen LogP contribution in [0.5, 0.6) is 0 Å². The molecule has 0 amide bonds. The number of benzene rings is 1. The van der Waals surface area contributed by atoms with Gasteiger partial charge in [0.1, 0.15) is 5.82 Å². The van der Waals surface area contributed by atoms with E-state index in [9.17, 15) is 4.39 Å². The lowest BCUT2D eigenvalue weighted by Gasteiger charge is -2.12. The number of hydrogen-bond acceptors (Lipinski definition) is 3. The van der Waals surface area contributed by atoms with E-state index in [1.165, 1.54) is 12.1 Å². The molecule has 0 fully saturated rings. The summed E-state index contributed by atoms with van der Waals surface area (Å²) in [4.78, 5) is 0. The van der Waals surface area contributed by atoms with Crippen molar-refractivity contribution in [3.63, 3.8) is 0 Å². The first kappa shape index (κ1) is 9.80. The van der Waals surface area contributed by atoms with Crippen LogP contribution in [0.1, 0.15) is 6.92 Å². The van der Waals surface area contributed by atoms with Gasteiger partial charge in [-0.1, -0.05) is 0 Å². The summed E-state index contributed by atoms with van der Waals surface area (Å²) in [5.74, 6) is -0.382. The Bertz CT molecular complexity index is 271. The van der Waals surface area contributed by atoms with E-state index in [0.29, 0.717) is 11.4 Å². The van der Waals surface area contributed by atoms with Crippen LogP contribution in [0.15, 0.2) is 18.2 Å². The maximum atomic E-state index is 12.8. The Balaban J connectivity index is 2.77. The third kappa shape index (κ3) is 2.91. The van der Waals surface area contributed by atoms with Crippen molar-refractivity contribution in [1.29, 1.82) is 0 Å². The lowest BCUT2D eigenvalue weighted by molar-refractivity contribution is 0.281. The van der Waals surface area contributed by atoms with E-state index in [-0.39, 0.29) is 18.5 Å². The van der Waals surface area contributed by atoms with Crippen LogP contribution in [-0.4, -0.2) is 17.8 Å². The Morgan fingerprint density at radius 3 is 2.77 bits per heavy atom. The van der Waals surface area contributed by atoms with Gasteiger partial charge in [0.05, 0.1) is 6.61 Å². The predicted molar refractivity (Wildman–Crippen MR) is 51.0 cm³/mol. The van der Waals surface area contributed by atoms with Crippen LogP contribution in [-0.2, 0) is 0 Å². The monoisotopic (exact) mass is 184 g/mol. The number of anilines is 2. The molecule has 0 aliphatic carbocycles. The van der Waals surface area contributed by atoms with Gasteiger partial charge in [-0.05, 0) is 25.1 Å². The number of aliphatic hydroxyl groups is 1. The van der Waals surface area contributed by atoms with Gasteiger partial charge in [-0.15, -0.1) is 0 Å². The van der Waals surface area contributed by atoms with Crippen LogP contribution < -0.4 is 11.1 Å². The topological polar surface area (TPSA) is 58.3 Å². The zero-order valence-corrected chi connectivity index (χ0v) is 7.42. The van der Waals surface area contributed by atoms with E-state index in [4.69, 9.17) is 10.8 Å². The van der Waals surface area contributed by atoms with Gasteiger partial charge in [-0.3, -0.25) is 0 Å². The van der Waals surface area contributed by atoms with Crippen molar-refractivity contribution in [1.82, 2.24) is 0 Å². The smallest absolute Gasteiger partial charge is 0.127 e. The molecule has 0 aromatic heterocycles. The van der Waals surface area contributed by atoms with Gasteiger partial charge in [0.25, 0.3) is 0 Å². The van der Waals surface area contributed by atoms with Crippen molar-refractivity contribution < 1.29 is 9.50 Å². The van der Waals surface area contributed by atoms with Gasteiger partial charge in [-0.25, -0.2) is 4.39 Å². The number of aliphatic hydroxyl groups excluding tert-OH is 1. The molecular formula is C9H13FN2O. The van der Waals surface area contributed by atoms with Crippen LogP contribution in [0.3, 0.4) is 0 Å². The predicted octanol–water partition coefficient (Wildman–Crippen LogP) is 1.20. The fourth-order valence-corrected chi connectivity index (χ4v) is 1.03. The Labute approximate surface area is 76.4 Å². The quantitative estimate of drug-likeness (QED) is 0.619. The molecule has 0 bridgehead atoms. The van der Waals surface area contributed by atoms with Gasteiger partial charge in [-0.2, -0.15) is 0 Å². The average Bonchev–Trinajstić information content (AvgIpc) is 2.02. The molecule has 72 valence electrons. The molecule has 1 aromatic carbocycles. The van der Waals surface area contributed by atoms with Gasteiger partial charge in [0.2, 0.25) is 0 Å². The summed E-state index contributed by atoms with van der Waals surface area (Å²) in [7, 11) is 0. The maximum absolute atomic E-state index is 12.8. The number of rotatable bonds is 3. The van der Waals surface area contributed by atoms with E-state index in [0.717, 1.165) is 0 Å². The first-order valence-electron chi connectivity index (χ1n) is 4.05. The molecule has 1 unspecified atom stereocenters. The molecule has 0 spiro atoms. The minimum atomic E-state index is -0.382. The van der Waals surface area contributed by atoms with Crippen molar-refractivity contribution >= 4 is 11.4 Å². The maximum Gasteiger partial charge on any atom is 0.127 e. The normalized spacial score (nSPS) is 12.5. The van der Waals surface area contributed by atoms with Crippen LogP contribution >= 0.6 is 0 Å². The Kier molecular flexibility index (Phi) is 3.08. The van der Waals surface area contributed by atoms with E-state index in [1.807, 2.05) is 0 Å². The summed E-state index contributed by atoms with van der Waals surface area (Å²) < 4.78 is 12.8. The van der Waals surface area contributed by atoms with Gasteiger partial charge in [0.15, 0.2) is 0 Å². The van der Waals surface area contributed by atoms with Crippen LogP contribution in [0.4, 0.5) is 15.8 Å². The lowest BCUT2D eigenvalue weighted by Crippen LogP contribution is -2.19. The molecule has 3 nitrogen and oxygen atoms in total. The molecule has 0 aliphatic rings. The fraction of sp³-hybridized carbons (Fsp3) is 0.333. The van der Waals surface area contributed by atoms with Crippen molar-refractivity contribution in [3.05, 3.63) is 24.0 Å². The van der Waals surface area contributed by atoms with E-state index in [2.05, 4.69) is 5.32 Å². The molecule has 0 saturated heterocycles. The Morgan fingerprint density at radius 1 is 1.54 bits per heavy atom. The first-order chi connectivity index (χ1) is 6.11. The van der Waals surface area contributed by atoms with E-state index < -0.39 is 0 Å². The standard InChI is InChI=1S/C9H13FN2O/c1-6(5-13)12-9-3-7(10)2-8(11)4-9/h2-4,6,12-13H,5,11H2,1H3. The molecular weight excluding hydrogens is 171 g/mol. The molecule has 4 N–H and O–H groups in total. The highest BCUT2D eigenvalue weighted by Crippen LogP contribution is 2.15. The highest BCUT2D eigenvalue weighted by molar-refractivity contribution is 5.55. The minimum Gasteiger partial charge on any atom is -0.399 e. The van der Waals surface area contributed by atoms with Crippen LogP contribution in [0.25, 0.3) is 0 Å². The molecule has 1 aromatic rings. The molecule has 1 atom stereocenters. The molecule has 0 aliphatic heterocycles. The lowest BCUT2D eigenvalue weighted by atomic mass is 10.2. The average molecular weight is 184 g/mol. The number of hydrogen-bond donors (Lipinski definition) is 3. The Morgan fingerprint density at radius 2 is 2.23 bits per heavy atom. The van der Waals surface area contributed by atoms with Crippen molar-refractivity contribution in [2.75, 3.05) is 17.7 Å². The second kappa shape index (κ2) is 4.09. The second-order valence-electron chi connectivity index (χ2n) is 3.00. The molecule has 4 heteroatoms. The summed E-state index contributed by atoms with van der Waals surface area (Å²) in [5.41, 5.74) is 6.38. The first-order valence-corrected chi connectivity index (χ1v) is 4.05. The number of nitrogens with one attached hydrogen (secondary N) is 1. The Hall–Kier alpha value is -1.29. The number of nitrogens with two attached hydrogens (primary N) is 1. The molecule has 0 saturated carbocycles. The van der Waals surface area contributed by atoms with Gasteiger partial charge >= 0.3 is 0 Å². The molecule has 1 rings (SSSR count). The molecule has 0 radical (unpaired) electrons. The highest BCUT2D eigenvalue weighted by Gasteiger charge is 2.01. The zero-order chi connectivity index (χ0) is 9.84. The summed E-state index contributed by atoms with van der Waals surface area (Å²) in [6.45, 7) is 1.79. The summed E-state index contributed by atoms with van der Waals surface area (Å²) in [5, 5.41) is 11.7. The zero-order valence-electron chi connectivity index (χ0n) is 7.42. The number of nitrogen functional groups attached to an aromatic ring is 1. The van der Waals surface area contributed by atoms with Crippen LogP contribution in [0, 0.1) is 5.82 Å². The fourth-order valence-electron chi connectivity index (χ4n) is 1.03. The SMILES string of the molecule is CC(CO)Nc1cc(N)cc(F)c1.